The molecule has 1 aliphatic rings. The fourth-order valence-corrected chi connectivity index (χ4v) is 3.18. The molecule has 1 saturated carbocycles. The Balaban J connectivity index is 1.74. The van der Waals surface area contributed by atoms with Crippen molar-refractivity contribution in [3.63, 3.8) is 0 Å². The van der Waals surface area contributed by atoms with Crippen LogP contribution in [0.4, 0.5) is 0 Å². The predicted octanol–water partition coefficient (Wildman–Crippen LogP) is 1.86. The van der Waals surface area contributed by atoms with Crippen LogP contribution in [-0.2, 0) is 16.6 Å². The third-order valence-corrected chi connectivity index (χ3v) is 4.96. The van der Waals surface area contributed by atoms with Crippen LogP contribution in [0.2, 0.25) is 0 Å². The molecule has 1 aromatic rings. The highest BCUT2D eigenvalue weighted by Crippen LogP contribution is 2.26. The van der Waals surface area contributed by atoms with Gasteiger partial charge in [-0.15, -0.1) is 0 Å². The van der Waals surface area contributed by atoms with Crippen molar-refractivity contribution < 1.29 is 12.8 Å². The predicted molar refractivity (Wildman–Crippen MR) is 73.2 cm³/mol. The van der Waals surface area contributed by atoms with E-state index in [1.54, 1.807) is 6.07 Å². The van der Waals surface area contributed by atoms with Crippen molar-refractivity contribution in [2.24, 2.45) is 5.92 Å². The summed E-state index contributed by atoms with van der Waals surface area (Å²) in [7, 11) is -2.09. The average molecular weight is 286 g/mol. The van der Waals surface area contributed by atoms with Crippen molar-refractivity contribution in [2.75, 3.05) is 13.6 Å². The quantitative estimate of drug-likeness (QED) is 0.751. The van der Waals surface area contributed by atoms with E-state index in [1.807, 2.05) is 0 Å². The smallest absolute Gasteiger partial charge is 0.273 e. The first-order valence-electron chi connectivity index (χ1n) is 6.85. The molecule has 0 spiro atoms. The Kier molecular flexibility index (Phi) is 5.01. The van der Waals surface area contributed by atoms with Gasteiger partial charge in [0.05, 0.1) is 6.54 Å². The molecule has 0 radical (unpaired) electrons. The van der Waals surface area contributed by atoms with Gasteiger partial charge in [-0.1, -0.05) is 25.7 Å². The van der Waals surface area contributed by atoms with E-state index < -0.39 is 10.0 Å². The number of hydrogen-bond donors (Lipinski definition) is 2. The molecule has 0 unspecified atom stereocenters. The molecule has 0 atom stereocenters. The zero-order chi connectivity index (χ0) is 13.7. The maximum Gasteiger partial charge on any atom is 0.273 e. The summed E-state index contributed by atoms with van der Waals surface area (Å²) in [5, 5.41) is 3.28. The molecule has 2 rings (SSSR count). The van der Waals surface area contributed by atoms with Crippen LogP contribution in [0.5, 0.6) is 0 Å². The van der Waals surface area contributed by atoms with Crippen molar-refractivity contribution in [3.8, 4) is 0 Å². The minimum absolute atomic E-state index is 0.0254. The summed E-state index contributed by atoms with van der Waals surface area (Å²) in [4.78, 5) is 0. The second kappa shape index (κ2) is 6.54. The normalized spacial score (nSPS) is 17.1. The van der Waals surface area contributed by atoms with E-state index in [0.717, 1.165) is 12.5 Å². The van der Waals surface area contributed by atoms with Crippen LogP contribution in [0.15, 0.2) is 21.6 Å². The van der Waals surface area contributed by atoms with Gasteiger partial charge in [-0.3, -0.25) is 0 Å². The molecule has 1 heterocycles. The molecule has 5 nitrogen and oxygen atoms in total. The van der Waals surface area contributed by atoms with E-state index in [2.05, 4.69) is 10.0 Å². The topological polar surface area (TPSA) is 71.3 Å². The molecule has 0 aliphatic heterocycles. The van der Waals surface area contributed by atoms with Gasteiger partial charge in [0.2, 0.25) is 5.09 Å². The summed E-state index contributed by atoms with van der Waals surface area (Å²) >= 11 is 0. The van der Waals surface area contributed by atoms with Gasteiger partial charge in [-0.05, 0) is 38.1 Å². The molecular weight excluding hydrogens is 264 g/mol. The molecule has 108 valence electrons. The van der Waals surface area contributed by atoms with Crippen LogP contribution in [0.3, 0.4) is 0 Å². The van der Waals surface area contributed by atoms with Gasteiger partial charge in [0.25, 0.3) is 10.0 Å². The molecule has 19 heavy (non-hydrogen) atoms. The van der Waals surface area contributed by atoms with Crippen molar-refractivity contribution in [3.05, 3.63) is 17.9 Å². The third kappa shape index (κ3) is 4.06. The minimum Gasteiger partial charge on any atom is -0.447 e. The molecule has 0 amide bonds. The van der Waals surface area contributed by atoms with Crippen LogP contribution in [0.25, 0.3) is 0 Å². The largest absolute Gasteiger partial charge is 0.447 e. The highest BCUT2D eigenvalue weighted by Gasteiger charge is 2.16. The third-order valence-electron chi connectivity index (χ3n) is 3.67. The first-order chi connectivity index (χ1) is 9.12. The zero-order valence-electron chi connectivity index (χ0n) is 11.3. The lowest BCUT2D eigenvalue weighted by Crippen LogP contribution is -2.18. The number of furan rings is 1. The lowest BCUT2D eigenvalue weighted by atomic mass is 10.0. The molecule has 1 fully saturated rings. The molecule has 0 aromatic carbocycles. The number of hydrogen-bond acceptors (Lipinski definition) is 4. The maximum atomic E-state index is 11.5. The maximum absolute atomic E-state index is 11.5. The van der Waals surface area contributed by atoms with Gasteiger partial charge in [0.15, 0.2) is 0 Å². The molecule has 0 saturated heterocycles. The number of nitrogens with one attached hydrogen (secondary N) is 2. The molecule has 6 heteroatoms. The monoisotopic (exact) mass is 286 g/mol. The first-order valence-corrected chi connectivity index (χ1v) is 8.33. The molecular formula is C13H22N2O3S. The van der Waals surface area contributed by atoms with E-state index in [-0.39, 0.29) is 5.09 Å². The van der Waals surface area contributed by atoms with Gasteiger partial charge in [0, 0.05) is 0 Å². The van der Waals surface area contributed by atoms with Crippen molar-refractivity contribution in [1.29, 1.82) is 0 Å². The number of rotatable bonds is 7. The summed E-state index contributed by atoms with van der Waals surface area (Å²) in [6.07, 6.45) is 6.64. The molecule has 0 bridgehead atoms. The second-order valence-electron chi connectivity index (χ2n) is 5.04. The lowest BCUT2D eigenvalue weighted by Gasteiger charge is -2.08. The van der Waals surface area contributed by atoms with E-state index in [4.69, 9.17) is 4.42 Å². The highest BCUT2D eigenvalue weighted by atomic mass is 32.2. The van der Waals surface area contributed by atoms with Gasteiger partial charge in [-0.25, -0.2) is 13.1 Å². The van der Waals surface area contributed by atoms with Crippen LogP contribution in [0.1, 0.15) is 37.9 Å². The van der Waals surface area contributed by atoms with Crippen LogP contribution < -0.4 is 10.0 Å². The van der Waals surface area contributed by atoms with Crippen LogP contribution >= 0.6 is 0 Å². The van der Waals surface area contributed by atoms with Crippen molar-refractivity contribution >= 4 is 10.0 Å². The second-order valence-corrected chi connectivity index (χ2v) is 6.86. The Bertz CT molecular complexity index is 490. The van der Waals surface area contributed by atoms with Gasteiger partial charge < -0.3 is 9.73 Å². The Morgan fingerprint density at radius 3 is 2.74 bits per heavy atom. The summed E-state index contributed by atoms with van der Waals surface area (Å²) < 4.78 is 30.5. The SMILES string of the molecule is CNS(=O)(=O)c1ccc(CNCCC2CCCC2)o1. The average Bonchev–Trinajstić information content (AvgIpc) is 3.06. The summed E-state index contributed by atoms with van der Waals surface area (Å²) in [5.74, 6) is 1.52. The van der Waals surface area contributed by atoms with Crippen LogP contribution in [-0.4, -0.2) is 22.0 Å². The number of sulfonamides is 1. The van der Waals surface area contributed by atoms with Gasteiger partial charge in [-0.2, -0.15) is 0 Å². The van der Waals surface area contributed by atoms with Crippen molar-refractivity contribution in [1.82, 2.24) is 10.0 Å². The van der Waals surface area contributed by atoms with Crippen molar-refractivity contribution in [2.45, 2.75) is 43.7 Å². The minimum atomic E-state index is -3.47. The molecule has 1 aliphatic carbocycles. The van der Waals surface area contributed by atoms with E-state index in [1.165, 1.54) is 45.2 Å². The first kappa shape index (κ1) is 14.6. The van der Waals surface area contributed by atoms with Gasteiger partial charge in [0.1, 0.15) is 5.76 Å². The van der Waals surface area contributed by atoms with E-state index in [0.29, 0.717) is 12.3 Å². The summed E-state index contributed by atoms with van der Waals surface area (Å²) in [6.45, 7) is 1.53. The Hall–Kier alpha value is -0.850. The van der Waals surface area contributed by atoms with E-state index in [9.17, 15) is 8.42 Å². The lowest BCUT2D eigenvalue weighted by molar-refractivity contribution is 0.394. The Morgan fingerprint density at radius 2 is 2.05 bits per heavy atom. The molecule has 2 N–H and O–H groups in total. The fourth-order valence-electron chi connectivity index (χ4n) is 2.52. The van der Waals surface area contributed by atoms with E-state index >= 15 is 0 Å². The van der Waals surface area contributed by atoms with Gasteiger partial charge >= 0.3 is 0 Å². The zero-order valence-corrected chi connectivity index (χ0v) is 12.1. The Morgan fingerprint density at radius 1 is 1.32 bits per heavy atom. The Labute approximate surface area is 114 Å². The summed E-state index contributed by atoms with van der Waals surface area (Å²) in [5.41, 5.74) is 0. The van der Waals surface area contributed by atoms with Crippen LogP contribution in [0, 0.1) is 5.92 Å². The fraction of sp³-hybridized carbons (Fsp3) is 0.692. The molecule has 1 aromatic heterocycles. The highest BCUT2D eigenvalue weighted by molar-refractivity contribution is 7.89. The summed E-state index contributed by atoms with van der Waals surface area (Å²) in [6, 6.07) is 3.19. The standard InChI is InChI=1S/C13H22N2O3S/c1-14-19(16,17)13-7-6-12(18-13)10-15-9-8-11-4-2-3-5-11/h6-7,11,14-15H,2-5,8-10H2,1H3.